The number of hydrogen-bond donors (Lipinski definition) is 6. The number of carbonyl (C=O) groups is 6. The summed E-state index contributed by atoms with van der Waals surface area (Å²) >= 11 is 1.63. The molecule has 0 aliphatic carbocycles. The molecule has 6 N–H and O–H groups in total. The maximum absolute atomic E-state index is 12.0. The van der Waals surface area contributed by atoms with E-state index >= 15 is 0 Å². The van der Waals surface area contributed by atoms with Crippen LogP contribution in [-0.2, 0) is 28.8 Å². The molecule has 0 heterocycles. The quantitative estimate of drug-likeness (QED) is 0.112. The molecule has 0 aromatic heterocycles. The summed E-state index contributed by atoms with van der Waals surface area (Å²) in [6, 6.07) is -3.67. The van der Waals surface area contributed by atoms with Crippen LogP contribution in [0.15, 0.2) is 0 Å². The third-order valence-corrected chi connectivity index (χ3v) is 5.09. The Morgan fingerprint density at radius 3 is 1.35 bits per heavy atom. The van der Waals surface area contributed by atoms with Gasteiger partial charge >= 0.3 is 17.9 Å². The van der Waals surface area contributed by atoms with Crippen LogP contribution in [0, 0.1) is 5.92 Å². The fourth-order valence-electron chi connectivity index (χ4n) is 2.40. The van der Waals surface area contributed by atoms with Crippen LogP contribution in [0.1, 0.15) is 52.4 Å². The number of carbonyl (C=O) groups excluding carboxylic acids is 3. The third-order valence-electron chi connectivity index (χ3n) is 4.34. The Morgan fingerprint density at radius 1 is 0.677 bits per heavy atom. The van der Waals surface area contributed by atoms with Crippen LogP contribution in [0.3, 0.4) is 0 Å². The van der Waals surface area contributed by atoms with Crippen LogP contribution in [0.5, 0.6) is 0 Å². The van der Waals surface area contributed by atoms with E-state index in [-0.39, 0.29) is 50.2 Å². The second-order valence-electron chi connectivity index (χ2n) is 7.15. The first-order valence-electron chi connectivity index (χ1n) is 9.55. The van der Waals surface area contributed by atoms with Gasteiger partial charge in [-0.1, -0.05) is 13.8 Å². The Balaban J connectivity index is 4.66. The maximum Gasteiger partial charge on any atom is 0.326 e. The first-order chi connectivity index (χ1) is 14.4. The molecule has 0 aromatic rings. The Morgan fingerprint density at radius 2 is 1.03 bits per heavy atom. The predicted octanol–water partition coefficient (Wildman–Crippen LogP) is 0.0837. The van der Waals surface area contributed by atoms with Crippen molar-refractivity contribution in [1.29, 1.82) is 0 Å². The summed E-state index contributed by atoms with van der Waals surface area (Å²) in [5, 5.41) is 31.8. The fourth-order valence-corrected chi connectivity index (χ4v) is 2.98. The molecule has 3 atom stereocenters. The van der Waals surface area contributed by atoms with Gasteiger partial charge in [0.2, 0.25) is 11.8 Å². The predicted molar refractivity (Wildman–Crippen MR) is 115 cm³/mol. The van der Waals surface area contributed by atoms with Crippen LogP contribution in [0.2, 0.25) is 0 Å². The molecule has 0 fully saturated rings. The maximum atomic E-state index is 12.0. The van der Waals surface area contributed by atoms with Gasteiger partial charge in [-0.3, -0.25) is 19.2 Å². The summed E-state index contributed by atoms with van der Waals surface area (Å²) in [6.45, 7) is 3.36. The molecule has 31 heavy (non-hydrogen) atoms. The highest BCUT2D eigenvalue weighted by Gasteiger charge is 2.25. The second-order valence-corrected chi connectivity index (χ2v) is 7.78. The number of halogens is 1. The van der Waals surface area contributed by atoms with Crippen molar-refractivity contribution in [3.63, 3.8) is 0 Å². The van der Waals surface area contributed by atoms with Crippen molar-refractivity contribution in [1.82, 2.24) is 14.2 Å². The van der Waals surface area contributed by atoms with E-state index < -0.39 is 47.8 Å². The smallest absolute Gasteiger partial charge is 0.326 e. The van der Waals surface area contributed by atoms with Gasteiger partial charge in [-0.05, 0) is 19.3 Å². The van der Waals surface area contributed by atoms with Crippen molar-refractivity contribution in [2.45, 2.75) is 70.5 Å². The normalized spacial score (nSPS) is 13.7. The number of ketones is 1. The SMILES string of the molecule is CC(C)C(=O)CCC(NC(=O)CCC(NC(=O)CCC(NI)C(=O)O)C(=O)O)C(=O)O. The minimum atomic E-state index is -1.40. The zero-order valence-corrected chi connectivity index (χ0v) is 19.4. The molecule has 176 valence electrons. The van der Waals surface area contributed by atoms with Crippen LogP contribution in [-0.4, -0.2) is 69.0 Å². The summed E-state index contributed by atoms with van der Waals surface area (Å²) in [5.41, 5.74) is 0. The van der Waals surface area contributed by atoms with Crippen LogP contribution < -0.4 is 14.2 Å². The zero-order valence-electron chi connectivity index (χ0n) is 17.2. The molecule has 0 rings (SSSR count). The molecular weight excluding hydrogens is 529 g/mol. The van der Waals surface area contributed by atoms with Gasteiger partial charge in [-0.25, -0.2) is 13.1 Å². The zero-order chi connectivity index (χ0) is 24.1. The Labute approximate surface area is 193 Å². The van der Waals surface area contributed by atoms with E-state index in [4.69, 9.17) is 5.11 Å². The molecule has 0 spiro atoms. The number of amides is 2. The first-order valence-corrected chi connectivity index (χ1v) is 10.6. The van der Waals surface area contributed by atoms with Crippen LogP contribution in [0.25, 0.3) is 0 Å². The van der Waals surface area contributed by atoms with Crippen molar-refractivity contribution >= 4 is 58.4 Å². The van der Waals surface area contributed by atoms with E-state index in [1.807, 2.05) is 0 Å². The van der Waals surface area contributed by atoms with Gasteiger partial charge in [0.15, 0.2) is 0 Å². The lowest BCUT2D eigenvalue weighted by molar-refractivity contribution is -0.143. The standard InChI is InChI=1S/C18H28IN3O9/c1-9(2)13(23)6-3-10(16(26)27)20-14(24)7-4-11(17(28)29)21-15(25)8-5-12(22-19)18(30)31/h9-12,22H,3-8H2,1-2H3,(H,20,24)(H,21,25)(H,26,27)(H,28,29)(H,30,31). The number of hydrogen-bond acceptors (Lipinski definition) is 7. The highest BCUT2D eigenvalue weighted by molar-refractivity contribution is 14.1. The van der Waals surface area contributed by atoms with Gasteiger partial charge < -0.3 is 26.0 Å². The van der Waals surface area contributed by atoms with Crippen LogP contribution in [0.4, 0.5) is 0 Å². The summed E-state index contributed by atoms with van der Waals surface area (Å²) in [6.07, 6.45) is -1.08. The lowest BCUT2D eigenvalue weighted by Crippen LogP contribution is -2.44. The number of carboxylic acids is 3. The number of rotatable bonds is 16. The van der Waals surface area contributed by atoms with Crippen molar-refractivity contribution in [2.75, 3.05) is 0 Å². The van der Waals surface area contributed by atoms with Crippen LogP contribution >= 0.6 is 22.9 Å². The van der Waals surface area contributed by atoms with Gasteiger partial charge in [0.25, 0.3) is 0 Å². The second kappa shape index (κ2) is 14.7. The lowest BCUT2D eigenvalue weighted by atomic mass is 10.0. The van der Waals surface area contributed by atoms with E-state index in [2.05, 4.69) is 14.2 Å². The monoisotopic (exact) mass is 557 g/mol. The molecule has 0 bridgehead atoms. The summed E-state index contributed by atoms with van der Waals surface area (Å²) < 4.78 is 2.48. The molecule has 0 saturated heterocycles. The summed E-state index contributed by atoms with van der Waals surface area (Å²) in [5.74, 6) is -5.69. The molecule has 0 aromatic carbocycles. The van der Waals surface area contributed by atoms with Gasteiger partial charge in [0.05, 0.1) is 0 Å². The van der Waals surface area contributed by atoms with E-state index in [9.17, 15) is 39.0 Å². The van der Waals surface area contributed by atoms with Gasteiger partial charge in [-0.2, -0.15) is 0 Å². The Kier molecular flexibility index (Phi) is 13.6. The fraction of sp³-hybridized carbons (Fsp3) is 0.667. The molecular formula is C18H28IN3O9. The number of aliphatic carboxylic acids is 3. The molecule has 13 heteroatoms. The minimum absolute atomic E-state index is 0.0217. The van der Waals surface area contributed by atoms with E-state index in [0.29, 0.717) is 0 Å². The molecule has 0 radical (unpaired) electrons. The van der Waals surface area contributed by atoms with Gasteiger partial charge in [0.1, 0.15) is 23.9 Å². The first kappa shape index (κ1) is 28.7. The molecule has 0 aliphatic heterocycles. The van der Waals surface area contributed by atoms with Gasteiger partial charge in [-0.15, -0.1) is 0 Å². The highest BCUT2D eigenvalue weighted by Crippen LogP contribution is 2.07. The minimum Gasteiger partial charge on any atom is -0.480 e. The van der Waals surface area contributed by atoms with Crippen molar-refractivity contribution < 1.29 is 44.1 Å². The number of Topliss-reactive ketones (excluding diaryl/α,β-unsaturated/α-hetero) is 1. The molecule has 3 unspecified atom stereocenters. The van der Waals surface area contributed by atoms with Crippen molar-refractivity contribution in [3.05, 3.63) is 0 Å². The Hall–Kier alpha value is -2.29. The van der Waals surface area contributed by atoms with Gasteiger partial charge in [0, 0.05) is 48.0 Å². The Bertz CT molecular complexity index is 684. The average Bonchev–Trinajstić information content (AvgIpc) is 2.67. The number of nitrogens with one attached hydrogen (secondary N) is 3. The van der Waals surface area contributed by atoms with Crippen molar-refractivity contribution in [2.24, 2.45) is 5.92 Å². The van der Waals surface area contributed by atoms with E-state index in [0.717, 1.165) is 0 Å². The highest BCUT2D eigenvalue weighted by atomic mass is 127. The topological polar surface area (TPSA) is 199 Å². The largest absolute Gasteiger partial charge is 0.480 e. The molecule has 0 saturated carbocycles. The molecule has 0 aliphatic rings. The van der Waals surface area contributed by atoms with Crippen molar-refractivity contribution in [3.8, 4) is 0 Å². The molecule has 12 nitrogen and oxygen atoms in total. The third kappa shape index (κ3) is 12.2. The number of carboxylic acid groups (broad SMARTS) is 3. The van der Waals surface area contributed by atoms with E-state index in [1.54, 1.807) is 36.7 Å². The molecule has 2 amide bonds. The summed E-state index contributed by atoms with van der Waals surface area (Å²) in [7, 11) is 0. The average molecular weight is 557 g/mol. The summed E-state index contributed by atoms with van der Waals surface area (Å²) in [4.78, 5) is 69.1. The lowest BCUT2D eigenvalue weighted by Gasteiger charge is -2.17. The van der Waals surface area contributed by atoms with E-state index in [1.165, 1.54) is 0 Å².